The molecule has 1 aromatic carbocycles. The van der Waals surface area contributed by atoms with Crippen LogP contribution in [-0.4, -0.2) is 13.4 Å². The Hall–Kier alpha value is -0.670. The van der Waals surface area contributed by atoms with Crippen molar-refractivity contribution in [2.75, 3.05) is 13.4 Å². The van der Waals surface area contributed by atoms with Crippen molar-refractivity contribution in [3.63, 3.8) is 0 Å². The van der Waals surface area contributed by atoms with Crippen molar-refractivity contribution in [3.8, 4) is 5.75 Å². The summed E-state index contributed by atoms with van der Waals surface area (Å²) in [6.45, 7) is 0.838. The first-order chi connectivity index (χ1) is 5.88. The van der Waals surface area contributed by atoms with Gasteiger partial charge in [-0.1, -0.05) is 30.1 Å². The second-order valence-corrected chi connectivity index (χ2v) is 3.03. The summed E-state index contributed by atoms with van der Waals surface area (Å²) in [7, 11) is 1.69. The lowest BCUT2D eigenvalue weighted by Crippen LogP contribution is -2.03. The lowest BCUT2D eigenvalue weighted by molar-refractivity contribution is 0.409. The summed E-state index contributed by atoms with van der Waals surface area (Å²) in [4.78, 5) is 0. The third-order valence-corrected chi connectivity index (χ3v) is 2.03. The Balaban J connectivity index is 2.68. The van der Waals surface area contributed by atoms with Crippen molar-refractivity contribution in [1.29, 1.82) is 0 Å². The van der Waals surface area contributed by atoms with Gasteiger partial charge in [-0.15, -0.1) is 0 Å². The molecule has 0 fully saturated rings. The summed E-state index contributed by atoms with van der Waals surface area (Å²) in [5.41, 5.74) is 1.19. The monoisotopic (exact) mass is 183 g/mol. The average Bonchev–Trinajstić information content (AvgIpc) is 2.15. The summed E-state index contributed by atoms with van der Waals surface area (Å²) in [5, 5.41) is 0. The van der Waals surface area contributed by atoms with E-state index in [-0.39, 0.29) is 0 Å². The molecule has 0 heterocycles. The maximum Gasteiger partial charge on any atom is 0.123 e. The van der Waals surface area contributed by atoms with E-state index in [1.807, 2.05) is 24.5 Å². The molecular formula is C9H13NOS. The van der Waals surface area contributed by atoms with Gasteiger partial charge in [0.25, 0.3) is 0 Å². The molecule has 0 aliphatic rings. The first-order valence-corrected chi connectivity index (χ1v) is 4.98. The van der Waals surface area contributed by atoms with Crippen LogP contribution in [0.3, 0.4) is 0 Å². The highest BCUT2D eigenvalue weighted by Crippen LogP contribution is 2.16. The maximum absolute atomic E-state index is 5.19. The van der Waals surface area contributed by atoms with Crippen LogP contribution in [-0.2, 0) is 6.54 Å². The molecule has 0 saturated heterocycles. The molecule has 1 N–H and O–H groups in total. The molecule has 0 atom stereocenters. The van der Waals surface area contributed by atoms with Gasteiger partial charge in [0, 0.05) is 12.1 Å². The van der Waals surface area contributed by atoms with Crippen LogP contribution in [0, 0.1) is 0 Å². The first kappa shape index (κ1) is 9.42. The van der Waals surface area contributed by atoms with Gasteiger partial charge < -0.3 is 4.74 Å². The van der Waals surface area contributed by atoms with Crippen LogP contribution in [0.15, 0.2) is 24.3 Å². The summed E-state index contributed by atoms with van der Waals surface area (Å²) in [5.74, 6) is 0.944. The van der Waals surface area contributed by atoms with Gasteiger partial charge in [0.2, 0.25) is 0 Å². The van der Waals surface area contributed by atoms with Crippen molar-refractivity contribution in [2.24, 2.45) is 0 Å². The fraction of sp³-hybridized carbons (Fsp3) is 0.333. The number of hydrogen-bond donors (Lipinski definition) is 1. The minimum Gasteiger partial charge on any atom is -0.496 e. The minimum atomic E-state index is 0.838. The number of benzene rings is 1. The Morgan fingerprint density at radius 1 is 1.42 bits per heavy atom. The van der Waals surface area contributed by atoms with Crippen molar-refractivity contribution < 1.29 is 4.74 Å². The highest BCUT2D eigenvalue weighted by Gasteiger charge is 1.98. The summed E-state index contributed by atoms with van der Waals surface area (Å²) >= 11 is 1.61. The lowest BCUT2D eigenvalue weighted by atomic mass is 10.2. The molecule has 0 aromatic heterocycles. The van der Waals surface area contributed by atoms with Crippen LogP contribution < -0.4 is 9.46 Å². The zero-order valence-electron chi connectivity index (χ0n) is 7.33. The van der Waals surface area contributed by atoms with E-state index in [0.717, 1.165) is 12.3 Å². The second-order valence-electron chi connectivity index (χ2n) is 2.34. The van der Waals surface area contributed by atoms with E-state index < -0.39 is 0 Å². The second kappa shape index (κ2) is 5.06. The molecule has 2 nitrogen and oxygen atoms in total. The molecule has 0 aliphatic heterocycles. The quantitative estimate of drug-likeness (QED) is 0.722. The fourth-order valence-corrected chi connectivity index (χ4v) is 1.30. The molecule has 66 valence electrons. The minimum absolute atomic E-state index is 0.838. The Labute approximate surface area is 77.4 Å². The van der Waals surface area contributed by atoms with Gasteiger partial charge in [0.1, 0.15) is 5.75 Å². The van der Waals surface area contributed by atoms with Crippen LogP contribution in [0.5, 0.6) is 5.75 Å². The van der Waals surface area contributed by atoms with Gasteiger partial charge in [-0.2, -0.15) is 0 Å². The van der Waals surface area contributed by atoms with E-state index >= 15 is 0 Å². The van der Waals surface area contributed by atoms with Gasteiger partial charge in [0.05, 0.1) is 7.11 Å². The van der Waals surface area contributed by atoms with E-state index in [1.54, 1.807) is 19.1 Å². The van der Waals surface area contributed by atoms with Crippen LogP contribution in [0.4, 0.5) is 0 Å². The summed E-state index contributed by atoms with van der Waals surface area (Å²) in [6.07, 6.45) is 2.01. The van der Waals surface area contributed by atoms with Gasteiger partial charge in [-0.25, -0.2) is 0 Å². The van der Waals surface area contributed by atoms with Gasteiger partial charge in [-0.3, -0.25) is 4.72 Å². The largest absolute Gasteiger partial charge is 0.496 e. The number of rotatable bonds is 4. The Morgan fingerprint density at radius 3 is 2.83 bits per heavy atom. The normalized spacial score (nSPS) is 9.83. The third kappa shape index (κ3) is 2.43. The lowest BCUT2D eigenvalue weighted by Gasteiger charge is -2.07. The van der Waals surface area contributed by atoms with Crippen LogP contribution in [0.1, 0.15) is 5.56 Å². The average molecular weight is 183 g/mol. The smallest absolute Gasteiger partial charge is 0.123 e. The predicted molar refractivity (Wildman–Crippen MR) is 53.3 cm³/mol. The summed E-state index contributed by atoms with van der Waals surface area (Å²) < 4.78 is 8.37. The first-order valence-electron chi connectivity index (χ1n) is 3.76. The zero-order chi connectivity index (χ0) is 8.81. The van der Waals surface area contributed by atoms with Crippen LogP contribution in [0.2, 0.25) is 0 Å². The molecule has 0 spiro atoms. The van der Waals surface area contributed by atoms with Crippen LogP contribution >= 0.6 is 11.9 Å². The molecule has 1 rings (SSSR count). The standard InChI is InChI=1S/C9H13NOS/c1-11-9-6-4-3-5-8(9)7-10-12-2/h3-6,10H,7H2,1-2H3. The fourth-order valence-electron chi connectivity index (χ4n) is 0.999. The van der Waals surface area contributed by atoms with Crippen molar-refractivity contribution in [3.05, 3.63) is 29.8 Å². The number of para-hydroxylation sites is 1. The number of ether oxygens (including phenoxy) is 1. The third-order valence-electron chi connectivity index (χ3n) is 1.60. The molecule has 0 amide bonds. The molecule has 0 unspecified atom stereocenters. The van der Waals surface area contributed by atoms with Crippen molar-refractivity contribution in [2.45, 2.75) is 6.54 Å². The van der Waals surface area contributed by atoms with E-state index in [1.165, 1.54) is 5.56 Å². The topological polar surface area (TPSA) is 21.3 Å². The van der Waals surface area contributed by atoms with E-state index in [9.17, 15) is 0 Å². The molecular weight excluding hydrogens is 170 g/mol. The van der Waals surface area contributed by atoms with E-state index in [2.05, 4.69) is 10.8 Å². The Morgan fingerprint density at radius 2 is 2.17 bits per heavy atom. The van der Waals surface area contributed by atoms with Gasteiger partial charge in [0.15, 0.2) is 0 Å². The zero-order valence-corrected chi connectivity index (χ0v) is 8.15. The molecule has 0 bridgehead atoms. The van der Waals surface area contributed by atoms with Crippen molar-refractivity contribution >= 4 is 11.9 Å². The highest BCUT2D eigenvalue weighted by molar-refractivity contribution is 7.96. The SMILES string of the molecule is COc1ccccc1CNSC. The maximum atomic E-state index is 5.19. The molecule has 0 radical (unpaired) electrons. The summed E-state index contributed by atoms with van der Waals surface area (Å²) in [6, 6.07) is 8.01. The molecule has 3 heteroatoms. The molecule has 0 aliphatic carbocycles. The molecule has 0 saturated carbocycles. The predicted octanol–water partition coefficient (Wildman–Crippen LogP) is 2.06. The Kier molecular flexibility index (Phi) is 3.97. The van der Waals surface area contributed by atoms with Gasteiger partial charge >= 0.3 is 0 Å². The molecule has 1 aromatic rings. The van der Waals surface area contributed by atoms with E-state index in [0.29, 0.717) is 0 Å². The highest BCUT2D eigenvalue weighted by atomic mass is 32.2. The van der Waals surface area contributed by atoms with Gasteiger partial charge in [-0.05, 0) is 12.3 Å². The molecule has 12 heavy (non-hydrogen) atoms. The van der Waals surface area contributed by atoms with E-state index in [4.69, 9.17) is 4.74 Å². The number of nitrogens with one attached hydrogen (secondary N) is 1. The van der Waals surface area contributed by atoms with Crippen LogP contribution in [0.25, 0.3) is 0 Å². The Bertz CT molecular complexity index is 240. The number of hydrogen-bond acceptors (Lipinski definition) is 3. The number of methoxy groups -OCH3 is 1. The van der Waals surface area contributed by atoms with Crippen molar-refractivity contribution in [1.82, 2.24) is 4.72 Å².